The van der Waals surface area contributed by atoms with Crippen molar-refractivity contribution in [2.45, 2.75) is 56.4 Å². The summed E-state index contributed by atoms with van der Waals surface area (Å²) in [6, 6.07) is 3.47. The fourth-order valence-corrected chi connectivity index (χ4v) is 5.34. The predicted octanol–water partition coefficient (Wildman–Crippen LogP) is 3.29. The average Bonchev–Trinajstić information content (AvgIpc) is 3.18. The van der Waals surface area contributed by atoms with Gasteiger partial charge in [-0.2, -0.15) is 0 Å². The molecule has 0 aromatic carbocycles. The maximum absolute atomic E-state index is 12.5. The number of likely N-dealkylation sites (tertiary alicyclic amines) is 2. The number of thioether (sulfide) groups is 1. The van der Waals surface area contributed by atoms with Gasteiger partial charge < -0.3 is 14.2 Å². The molecule has 2 aromatic heterocycles. The first kappa shape index (κ1) is 24.3. The van der Waals surface area contributed by atoms with Crippen LogP contribution in [0.2, 0.25) is 0 Å². The van der Waals surface area contributed by atoms with Crippen molar-refractivity contribution < 1.29 is 19.1 Å². The lowest BCUT2D eigenvalue weighted by Crippen LogP contribution is -2.46. The van der Waals surface area contributed by atoms with Crippen molar-refractivity contribution in [3.63, 3.8) is 0 Å². The minimum Gasteiger partial charge on any atom is -0.391 e. The molecule has 2 aromatic rings. The summed E-state index contributed by atoms with van der Waals surface area (Å²) < 4.78 is 7.46. The van der Waals surface area contributed by atoms with Gasteiger partial charge in [-0.15, -0.1) is 0 Å². The Morgan fingerprint density at radius 1 is 1.15 bits per heavy atom. The second-order valence-corrected chi connectivity index (χ2v) is 11.0. The Bertz CT molecular complexity index is 1020. The van der Waals surface area contributed by atoms with Crippen molar-refractivity contribution in [3.8, 4) is 5.88 Å². The Hall–Kier alpha value is -2.88. The summed E-state index contributed by atoms with van der Waals surface area (Å²) in [5, 5.41) is 1.41. The quantitative estimate of drug-likeness (QED) is 0.579. The zero-order valence-corrected chi connectivity index (χ0v) is 20.7. The summed E-state index contributed by atoms with van der Waals surface area (Å²) >= 11 is 1.75. The van der Waals surface area contributed by atoms with Crippen molar-refractivity contribution >= 4 is 29.7 Å². The molecule has 0 saturated carbocycles. The van der Waals surface area contributed by atoms with Crippen LogP contribution in [0.1, 0.15) is 45.1 Å². The first-order valence-electron chi connectivity index (χ1n) is 11.6. The van der Waals surface area contributed by atoms with E-state index in [0.29, 0.717) is 44.1 Å². The molecule has 2 fully saturated rings. The van der Waals surface area contributed by atoms with E-state index in [1.807, 2.05) is 37.7 Å². The van der Waals surface area contributed by atoms with E-state index in [1.165, 1.54) is 4.90 Å². The summed E-state index contributed by atoms with van der Waals surface area (Å²) in [4.78, 5) is 48.8. The number of hydrogen-bond acceptors (Lipinski definition) is 7. The number of amides is 3. The second-order valence-electron chi connectivity index (χ2n) is 9.70. The predicted molar refractivity (Wildman–Crippen MR) is 127 cm³/mol. The molecule has 10 heteroatoms. The minimum atomic E-state index is -0.396. The van der Waals surface area contributed by atoms with Crippen LogP contribution in [-0.4, -0.2) is 67.1 Å². The van der Waals surface area contributed by atoms with Gasteiger partial charge in [0.15, 0.2) is 5.16 Å². The van der Waals surface area contributed by atoms with E-state index >= 15 is 0 Å². The fourth-order valence-electron chi connectivity index (χ4n) is 4.25. The molecule has 9 nitrogen and oxygen atoms in total. The first-order chi connectivity index (χ1) is 16.2. The number of nitrogens with zero attached hydrogens (tertiary/aromatic N) is 5. The van der Waals surface area contributed by atoms with Crippen molar-refractivity contribution in [1.29, 1.82) is 0 Å². The average molecular weight is 486 g/mol. The maximum Gasteiger partial charge on any atom is 0.416 e. The molecule has 2 aliphatic rings. The van der Waals surface area contributed by atoms with Gasteiger partial charge in [0.1, 0.15) is 0 Å². The Labute approximate surface area is 203 Å². The number of piperidine rings is 2. The van der Waals surface area contributed by atoms with Gasteiger partial charge in [-0.05, 0) is 30.2 Å². The van der Waals surface area contributed by atoms with E-state index in [1.54, 1.807) is 35.1 Å². The smallest absolute Gasteiger partial charge is 0.391 e. The number of hydrogen-bond donors (Lipinski definition) is 0. The monoisotopic (exact) mass is 485 g/mol. The number of imidazole rings is 1. The highest BCUT2D eigenvalue weighted by molar-refractivity contribution is 7.99. The van der Waals surface area contributed by atoms with Crippen LogP contribution < -0.4 is 4.74 Å². The molecule has 4 rings (SSSR count). The third-order valence-electron chi connectivity index (χ3n) is 6.22. The number of aromatic nitrogens is 3. The molecule has 0 atom stereocenters. The van der Waals surface area contributed by atoms with Crippen LogP contribution in [0.15, 0.2) is 35.9 Å². The van der Waals surface area contributed by atoms with Gasteiger partial charge >= 0.3 is 6.09 Å². The Morgan fingerprint density at radius 3 is 2.44 bits per heavy atom. The van der Waals surface area contributed by atoms with E-state index in [-0.39, 0.29) is 23.1 Å². The number of carbonyl (C=O) groups excluding carboxylic acids is 3. The van der Waals surface area contributed by atoms with Gasteiger partial charge in [0.25, 0.3) is 0 Å². The third kappa shape index (κ3) is 5.97. The molecular weight excluding hydrogens is 454 g/mol. The number of imide groups is 1. The van der Waals surface area contributed by atoms with Gasteiger partial charge in [-0.25, -0.2) is 14.8 Å². The summed E-state index contributed by atoms with van der Waals surface area (Å²) in [7, 11) is 1.98. The van der Waals surface area contributed by atoms with Crippen LogP contribution in [0, 0.1) is 5.41 Å². The van der Waals surface area contributed by atoms with Gasteiger partial charge in [-0.3, -0.25) is 14.5 Å². The third-order valence-corrected chi connectivity index (χ3v) is 7.63. The van der Waals surface area contributed by atoms with Crippen LogP contribution in [0.5, 0.6) is 5.88 Å². The van der Waals surface area contributed by atoms with Gasteiger partial charge in [-0.1, -0.05) is 31.7 Å². The number of carbonyl (C=O) groups is 3. The molecule has 0 radical (unpaired) electrons. The minimum absolute atomic E-state index is 0.123. The molecule has 0 aliphatic carbocycles. The van der Waals surface area contributed by atoms with Crippen LogP contribution >= 0.6 is 11.8 Å². The molecule has 4 heterocycles. The van der Waals surface area contributed by atoms with Gasteiger partial charge in [0.05, 0.1) is 0 Å². The number of aryl methyl sites for hydroxylation is 1. The lowest BCUT2D eigenvalue weighted by atomic mass is 9.81. The molecule has 0 N–H and O–H groups in total. The van der Waals surface area contributed by atoms with E-state index < -0.39 is 6.09 Å². The summed E-state index contributed by atoms with van der Waals surface area (Å²) in [5.74, 6) is -0.00571. The molecule has 2 saturated heterocycles. The second kappa shape index (κ2) is 10.2. The highest BCUT2D eigenvalue weighted by Crippen LogP contribution is 2.32. The van der Waals surface area contributed by atoms with Crippen molar-refractivity contribution in [2.75, 3.05) is 19.6 Å². The van der Waals surface area contributed by atoms with Crippen LogP contribution in [-0.2, 0) is 23.1 Å². The molecule has 2 aliphatic heterocycles. The van der Waals surface area contributed by atoms with E-state index in [9.17, 15) is 14.4 Å². The highest BCUT2D eigenvalue weighted by Gasteiger charge is 2.37. The standard InChI is InChI=1S/C24H31N5O4S/c1-24(2)14-20(30)29(21(31)15-24)12-6-17-4-5-19(26-16-17)33-23(32)28-10-7-18(8-11-28)34-22-25-9-13-27(22)3/h4-5,9,13,16,18H,6-8,10-12,14-15H2,1-3H3. The molecule has 182 valence electrons. The van der Waals surface area contributed by atoms with Crippen LogP contribution in [0.25, 0.3) is 0 Å². The van der Waals surface area contributed by atoms with E-state index in [4.69, 9.17) is 4.74 Å². The first-order valence-corrected chi connectivity index (χ1v) is 12.5. The summed E-state index contributed by atoms with van der Waals surface area (Å²) in [6.45, 7) is 5.47. The molecule has 34 heavy (non-hydrogen) atoms. The fraction of sp³-hybridized carbons (Fsp3) is 0.542. The zero-order valence-electron chi connectivity index (χ0n) is 19.9. The van der Waals surface area contributed by atoms with E-state index in [0.717, 1.165) is 23.6 Å². The number of pyridine rings is 1. The molecule has 3 amide bonds. The van der Waals surface area contributed by atoms with Crippen LogP contribution in [0.4, 0.5) is 4.79 Å². The molecule has 0 spiro atoms. The lowest BCUT2D eigenvalue weighted by molar-refractivity contribution is -0.152. The topological polar surface area (TPSA) is 97.6 Å². The normalized spacial score (nSPS) is 18.9. The van der Waals surface area contributed by atoms with E-state index in [2.05, 4.69) is 9.97 Å². The molecular formula is C24H31N5O4S. The maximum atomic E-state index is 12.5. The molecule has 0 bridgehead atoms. The van der Waals surface area contributed by atoms with Crippen molar-refractivity contribution in [2.24, 2.45) is 12.5 Å². The largest absolute Gasteiger partial charge is 0.416 e. The zero-order chi connectivity index (χ0) is 24.3. The summed E-state index contributed by atoms with van der Waals surface area (Å²) in [6.07, 6.45) is 7.99. The van der Waals surface area contributed by atoms with Crippen molar-refractivity contribution in [1.82, 2.24) is 24.3 Å². The Balaban J connectivity index is 1.22. The highest BCUT2D eigenvalue weighted by atomic mass is 32.2. The van der Waals surface area contributed by atoms with Crippen LogP contribution in [0.3, 0.4) is 0 Å². The molecule has 0 unspecified atom stereocenters. The number of rotatable bonds is 6. The SMILES string of the molecule is Cn1ccnc1SC1CCN(C(=O)Oc2ccc(CCN3C(=O)CC(C)(C)CC3=O)cn2)CC1. The van der Waals surface area contributed by atoms with Crippen molar-refractivity contribution in [3.05, 3.63) is 36.3 Å². The van der Waals surface area contributed by atoms with Gasteiger partial charge in [0, 0.05) is 69.4 Å². The van der Waals surface area contributed by atoms with Gasteiger partial charge in [0.2, 0.25) is 17.7 Å². The Kier molecular flexibility index (Phi) is 7.25. The Morgan fingerprint density at radius 2 is 1.85 bits per heavy atom. The summed E-state index contributed by atoms with van der Waals surface area (Å²) in [5.41, 5.74) is 0.600. The lowest BCUT2D eigenvalue weighted by Gasteiger charge is -2.34. The number of ether oxygens (including phenoxy) is 1.